The Balaban J connectivity index is 1.70. The monoisotopic (exact) mass is 315 g/mol. The molecule has 0 aliphatic carbocycles. The van der Waals surface area contributed by atoms with Crippen molar-refractivity contribution in [3.05, 3.63) is 29.0 Å². The topological polar surface area (TPSA) is 30.5 Å². The van der Waals surface area contributed by atoms with Crippen LogP contribution in [0.2, 0.25) is 5.02 Å². The van der Waals surface area contributed by atoms with Crippen molar-refractivity contribution in [3.63, 3.8) is 0 Å². The highest BCUT2D eigenvalue weighted by atomic mass is 35.5. The van der Waals surface area contributed by atoms with Gasteiger partial charge in [0, 0.05) is 6.54 Å². The van der Waals surface area contributed by atoms with Gasteiger partial charge >= 0.3 is 0 Å². The summed E-state index contributed by atoms with van der Waals surface area (Å²) >= 11 is 5.93. The Labute approximate surface area is 130 Å². The Kier molecular flexibility index (Phi) is 6.27. The third kappa shape index (κ3) is 5.46. The van der Waals surface area contributed by atoms with E-state index < -0.39 is 0 Å². The molecule has 1 heterocycles. The standard InChI is InChI=1S/C16H23ClFNO2/c1-11(2)8-19-9-13-4-5-14(21-13)10-20-16-6-3-12(18)7-15(16)17/h3,6-7,11,13-14,19H,4-5,8-10H2,1-2H3. The SMILES string of the molecule is CC(C)CNCC1CCC(COc2ccc(F)cc2Cl)O1. The number of hydrogen-bond acceptors (Lipinski definition) is 3. The lowest BCUT2D eigenvalue weighted by Crippen LogP contribution is -2.30. The summed E-state index contributed by atoms with van der Waals surface area (Å²) in [6.07, 6.45) is 2.35. The van der Waals surface area contributed by atoms with Gasteiger partial charge in [-0.15, -0.1) is 0 Å². The largest absolute Gasteiger partial charge is 0.489 e. The van der Waals surface area contributed by atoms with E-state index in [-0.39, 0.29) is 18.0 Å². The predicted molar refractivity (Wildman–Crippen MR) is 82.5 cm³/mol. The van der Waals surface area contributed by atoms with Crippen molar-refractivity contribution in [2.24, 2.45) is 5.92 Å². The second-order valence-electron chi connectivity index (χ2n) is 5.90. The van der Waals surface area contributed by atoms with Crippen LogP contribution >= 0.6 is 11.6 Å². The molecule has 1 aliphatic heterocycles. The predicted octanol–water partition coefficient (Wildman–Crippen LogP) is 3.65. The summed E-state index contributed by atoms with van der Waals surface area (Å²) in [5, 5.41) is 3.70. The van der Waals surface area contributed by atoms with Gasteiger partial charge in [0.05, 0.1) is 17.2 Å². The molecule has 0 aromatic heterocycles. The maximum absolute atomic E-state index is 12.9. The summed E-state index contributed by atoms with van der Waals surface area (Å²) in [5.41, 5.74) is 0. The summed E-state index contributed by atoms with van der Waals surface area (Å²) in [4.78, 5) is 0. The van der Waals surface area contributed by atoms with Gasteiger partial charge < -0.3 is 14.8 Å². The second kappa shape index (κ2) is 7.97. The number of ether oxygens (including phenoxy) is 2. The molecule has 3 nitrogen and oxygen atoms in total. The van der Waals surface area contributed by atoms with Gasteiger partial charge in [-0.05, 0) is 43.5 Å². The molecule has 0 spiro atoms. The molecule has 118 valence electrons. The molecule has 1 aromatic rings. The van der Waals surface area contributed by atoms with Crippen LogP contribution in [0, 0.1) is 11.7 Å². The Morgan fingerprint density at radius 1 is 1.38 bits per heavy atom. The van der Waals surface area contributed by atoms with Crippen LogP contribution in [0.5, 0.6) is 5.75 Å². The first-order valence-corrected chi connectivity index (χ1v) is 7.86. The third-order valence-electron chi connectivity index (χ3n) is 3.44. The first-order valence-electron chi connectivity index (χ1n) is 7.48. The van der Waals surface area contributed by atoms with Crippen molar-refractivity contribution >= 4 is 11.6 Å². The molecule has 2 rings (SSSR count). The summed E-state index contributed by atoms with van der Waals surface area (Å²) in [7, 11) is 0. The number of rotatable bonds is 7. The molecule has 1 aromatic carbocycles. The highest BCUT2D eigenvalue weighted by Crippen LogP contribution is 2.26. The van der Waals surface area contributed by atoms with Crippen LogP contribution < -0.4 is 10.1 Å². The van der Waals surface area contributed by atoms with E-state index in [1.54, 1.807) is 6.07 Å². The second-order valence-corrected chi connectivity index (χ2v) is 6.30. The molecule has 21 heavy (non-hydrogen) atoms. The van der Waals surface area contributed by atoms with Gasteiger partial charge in [0.15, 0.2) is 0 Å². The van der Waals surface area contributed by atoms with Gasteiger partial charge in [-0.25, -0.2) is 4.39 Å². The Bertz CT molecular complexity index is 456. The van der Waals surface area contributed by atoms with Crippen LogP contribution in [0.1, 0.15) is 26.7 Å². The molecular formula is C16H23ClFNO2. The molecule has 2 atom stereocenters. The highest BCUT2D eigenvalue weighted by Gasteiger charge is 2.25. The van der Waals surface area contributed by atoms with Gasteiger partial charge in [0.25, 0.3) is 0 Å². The lowest BCUT2D eigenvalue weighted by Gasteiger charge is -2.16. The Hall–Kier alpha value is -0.840. The number of halogens is 2. The summed E-state index contributed by atoms with van der Waals surface area (Å²) in [6.45, 7) is 6.71. The molecule has 1 N–H and O–H groups in total. The number of hydrogen-bond donors (Lipinski definition) is 1. The Morgan fingerprint density at radius 2 is 2.14 bits per heavy atom. The molecule has 1 fully saturated rings. The van der Waals surface area contributed by atoms with Crippen LogP contribution in [0.25, 0.3) is 0 Å². The van der Waals surface area contributed by atoms with Crippen molar-refractivity contribution in [2.75, 3.05) is 19.7 Å². The van der Waals surface area contributed by atoms with Crippen molar-refractivity contribution < 1.29 is 13.9 Å². The van der Waals surface area contributed by atoms with Crippen LogP contribution in [0.3, 0.4) is 0 Å². The minimum atomic E-state index is -0.360. The van der Waals surface area contributed by atoms with E-state index in [9.17, 15) is 4.39 Å². The van der Waals surface area contributed by atoms with Crippen LogP contribution in [-0.4, -0.2) is 31.9 Å². The maximum Gasteiger partial charge on any atom is 0.138 e. The van der Waals surface area contributed by atoms with Gasteiger partial charge in [-0.1, -0.05) is 25.4 Å². The van der Waals surface area contributed by atoms with Gasteiger partial charge in [-0.2, -0.15) is 0 Å². The average Bonchev–Trinajstić information content (AvgIpc) is 2.85. The lowest BCUT2D eigenvalue weighted by atomic mass is 10.2. The molecule has 0 radical (unpaired) electrons. The fraction of sp³-hybridized carbons (Fsp3) is 0.625. The molecule has 1 aliphatic rings. The van der Waals surface area contributed by atoms with Crippen molar-refractivity contribution in [1.29, 1.82) is 0 Å². The lowest BCUT2D eigenvalue weighted by molar-refractivity contribution is 0.0184. The molecule has 5 heteroatoms. The smallest absolute Gasteiger partial charge is 0.138 e. The van der Waals surface area contributed by atoms with Crippen LogP contribution in [0.15, 0.2) is 18.2 Å². The number of nitrogens with one attached hydrogen (secondary N) is 1. The Morgan fingerprint density at radius 3 is 2.86 bits per heavy atom. The first kappa shape index (κ1) is 16.5. The normalized spacial score (nSPS) is 22.0. The summed E-state index contributed by atoms with van der Waals surface area (Å²) in [6, 6.07) is 4.15. The van der Waals surface area contributed by atoms with Crippen LogP contribution in [0.4, 0.5) is 4.39 Å². The summed E-state index contributed by atoms with van der Waals surface area (Å²) < 4.78 is 24.5. The van der Waals surface area contributed by atoms with Crippen LogP contribution in [-0.2, 0) is 4.74 Å². The minimum absolute atomic E-state index is 0.0805. The zero-order valence-corrected chi connectivity index (χ0v) is 13.3. The van der Waals surface area contributed by atoms with Crippen molar-refractivity contribution in [3.8, 4) is 5.75 Å². The number of benzene rings is 1. The third-order valence-corrected chi connectivity index (χ3v) is 3.73. The maximum atomic E-state index is 12.9. The zero-order chi connectivity index (χ0) is 15.2. The van der Waals surface area contributed by atoms with Gasteiger partial charge in [-0.3, -0.25) is 0 Å². The molecule has 1 saturated heterocycles. The van der Waals surface area contributed by atoms with Gasteiger partial charge in [0.1, 0.15) is 18.2 Å². The molecular weight excluding hydrogens is 293 g/mol. The molecule has 0 amide bonds. The fourth-order valence-electron chi connectivity index (χ4n) is 2.36. The first-order chi connectivity index (χ1) is 10.0. The fourth-order valence-corrected chi connectivity index (χ4v) is 2.58. The summed E-state index contributed by atoms with van der Waals surface area (Å²) in [5.74, 6) is 0.787. The molecule has 0 saturated carbocycles. The van der Waals surface area contributed by atoms with Crippen molar-refractivity contribution in [2.45, 2.75) is 38.9 Å². The van der Waals surface area contributed by atoms with E-state index in [1.807, 2.05) is 0 Å². The van der Waals surface area contributed by atoms with Crippen molar-refractivity contribution in [1.82, 2.24) is 5.32 Å². The quantitative estimate of drug-likeness (QED) is 0.833. The van der Waals surface area contributed by atoms with Gasteiger partial charge in [0.2, 0.25) is 0 Å². The van der Waals surface area contributed by atoms with E-state index in [0.717, 1.165) is 25.9 Å². The minimum Gasteiger partial charge on any atom is -0.489 e. The van der Waals surface area contributed by atoms with E-state index in [2.05, 4.69) is 19.2 Å². The van der Waals surface area contributed by atoms with E-state index in [0.29, 0.717) is 23.3 Å². The van der Waals surface area contributed by atoms with E-state index in [4.69, 9.17) is 21.1 Å². The molecule has 2 unspecified atom stereocenters. The highest BCUT2D eigenvalue weighted by molar-refractivity contribution is 6.32. The van der Waals surface area contributed by atoms with E-state index in [1.165, 1.54) is 12.1 Å². The zero-order valence-electron chi connectivity index (χ0n) is 12.6. The average molecular weight is 316 g/mol. The van der Waals surface area contributed by atoms with E-state index >= 15 is 0 Å². The molecule has 0 bridgehead atoms.